The fraction of sp³-hybridized carbons (Fsp3) is 0.267. The molecule has 0 bridgehead atoms. The first kappa shape index (κ1) is 28.8. The normalized spacial score (nSPS) is 13.0. The first-order chi connectivity index (χ1) is 19.4. The second-order valence-electron chi connectivity index (χ2n) is 8.96. The zero-order valence-corrected chi connectivity index (χ0v) is 22.4. The Labute approximate surface area is 231 Å². The molecule has 0 amide bonds. The molecule has 0 spiro atoms. The minimum absolute atomic E-state index is 0.00193. The van der Waals surface area contributed by atoms with Gasteiger partial charge in [-0.25, -0.2) is 4.79 Å². The maximum atomic E-state index is 12.3. The van der Waals surface area contributed by atoms with Crippen molar-refractivity contribution in [2.45, 2.75) is 17.9 Å². The van der Waals surface area contributed by atoms with Crippen molar-refractivity contribution in [1.29, 1.82) is 0 Å². The van der Waals surface area contributed by atoms with Crippen molar-refractivity contribution in [3.63, 3.8) is 0 Å². The van der Waals surface area contributed by atoms with Crippen molar-refractivity contribution in [1.82, 2.24) is 9.55 Å². The predicted molar refractivity (Wildman–Crippen MR) is 150 cm³/mol. The van der Waals surface area contributed by atoms with E-state index in [4.69, 9.17) is 24.7 Å². The smallest absolute Gasteiger partial charge is 0.330 e. The van der Waals surface area contributed by atoms with E-state index in [0.717, 1.165) is 21.3 Å². The molecule has 4 aromatic rings. The van der Waals surface area contributed by atoms with Gasteiger partial charge in [0.05, 0.1) is 33.5 Å². The predicted octanol–water partition coefficient (Wildman–Crippen LogP) is 2.40. The Bertz CT molecular complexity index is 1420. The number of methoxy groups -OCH3 is 2. The van der Waals surface area contributed by atoms with Crippen molar-refractivity contribution >= 4 is 0 Å². The number of nitrogens with two attached hydrogens (primary N) is 1. The van der Waals surface area contributed by atoms with Crippen molar-refractivity contribution in [3.8, 4) is 11.5 Å². The van der Waals surface area contributed by atoms with Crippen molar-refractivity contribution in [2.24, 2.45) is 5.73 Å². The number of aliphatic hydroxyl groups excluding tert-OH is 1. The summed E-state index contributed by atoms with van der Waals surface area (Å²) in [6.07, 6.45) is -0.551. The van der Waals surface area contributed by atoms with Gasteiger partial charge in [0.2, 0.25) is 0 Å². The molecule has 210 valence electrons. The number of hydrogen-bond donors (Lipinski definition) is 3. The second-order valence-corrected chi connectivity index (χ2v) is 8.96. The van der Waals surface area contributed by atoms with Gasteiger partial charge in [0.25, 0.3) is 5.56 Å². The molecule has 0 aliphatic carbocycles. The van der Waals surface area contributed by atoms with Crippen LogP contribution in [0.25, 0.3) is 0 Å². The lowest BCUT2D eigenvalue weighted by Gasteiger charge is -2.37. The summed E-state index contributed by atoms with van der Waals surface area (Å²) in [5.41, 5.74) is 6.23. The molecule has 4 rings (SSSR count). The van der Waals surface area contributed by atoms with Gasteiger partial charge in [0.1, 0.15) is 17.1 Å². The highest BCUT2D eigenvalue weighted by molar-refractivity contribution is 5.49. The number of nitrogens with zero attached hydrogens (tertiary/aromatic N) is 1. The third-order valence-corrected chi connectivity index (χ3v) is 6.59. The van der Waals surface area contributed by atoms with E-state index < -0.39 is 35.8 Å². The molecule has 0 saturated carbocycles. The number of aromatic nitrogens is 2. The van der Waals surface area contributed by atoms with E-state index in [1.165, 1.54) is 12.3 Å². The molecule has 10 heteroatoms. The van der Waals surface area contributed by atoms with E-state index in [1.54, 1.807) is 14.2 Å². The summed E-state index contributed by atoms with van der Waals surface area (Å²) < 4.78 is 24.7. The Kier molecular flexibility index (Phi) is 9.52. The maximum Gasteiger partial charge on any atom is 0.330 e. The molecule has 0 radical (unpaired) electrons. The lowest BCUT2D eigenvalue weighted by molar-refractivity contribution is -0.122. The Hall–Kier alpha value is -4.22. The van der Waals surface area contributed by atoms with Gasteiger partial charge in [-0.05, 0) is 41.0 Å². The van der Waals surface area contributed by atoms with Crippen LogP contribution in [0.1, 0.15) is 22.9 Å². The standard InChI is InChI=1S/C30H33N3O7/c1-37-24-12-8-22(9-13-24)30(21-6-4-3-5-7-21,23-10-14-25(38-2)15-11-23)39-20-26(18-31)40-28(19-34)33-17-16-27(35)32-29(33)36/h3-17,26,28,34H,18-20,31H2,1-2H3,(H,32,35,36)/t26-,28+/m0/s1. The molecule has 0 aliphatic rings. The van der Waals surface area contributed by atoms with Crippen LogP contribution in [-0.4, -0.2) is 54.7 Å². The van der Waals surface area contributed by atoms with E-state index in [-0.39, 0.29) is 13.2 Å². The monoisotopic (exact) mass is 547 g/mol. The molecular formula is C30H33N3O7. The topological polar surface area (TPSA) is 138 Å². The van der Waals surface area contributed by atoms with E-state index >= 15 is 0 Å². The van der Waals surface area contributed by atoms with Gasteiger partial charge in [-0.2, -0.15) is 0 Å². The zero-order chi connectivity index (χ0) is 28.5. The fourth-order valence-electron chi connectivity index (χ4n) is 4.53. The minimum Gasteiger partial charge on any atom is -0.497 e. The molecular weight excluding hydrogens is 514 g/mol. The van der Waals surface area contributed by atoms with Gasteiger partial charge in [0, 0.05) is 18.8 Å². The largest absolute Gasteiger partial charge is 0.497 e. The Morgan fingerprint density at radius 3 is 1.88 bits per heavy atom. The molecule has 0 unspecified atom stereocenters. The number of benzene rings is 3. The number of H-pyrrole nitrogens is 1. The number of nitrogens with one attached hydrogen (secondary N) is 1. The van der Waals surface area contributed by atoms with E-state index in [1.807, 2.05) is 78.9 Å². The van der Waals surface area contributed by atoms with Gasteiger partial charge in [-0.1, -0.05) is 54.6 Å². The third-order valence-electron chi connectivity index (χ3n) is 6.59. The summed E-state index contributed by atoms with van der Waals surface area (Å²) in [7, 11) is 3.21. The van der Waals surface area contributed by atoms with Crippen LogP contribution in [0.2, 0.25) is 0 Å². The van der Waals surface area contributed by atoms with Crippen molar-refractivity contribution < 1.29 is 24.1 Å². The molecule has 1 aromatic heterocycles. The number of aromatic amines is 1. The molecule has 10 nitrogen and oxygen atoms in total. The zero-order valence-electron chi connectivity index (χ0n) is 22.4. The van der Waals surface area contributed by atoms with Crippen molar-refractivity contribution in [3.05, 3.63) is 129 Å². The van der Waals surface area contributed by atoms with Gasteiger partial charge in [-0.3, -0.25) is 14.3 Å². The van der Waals surface area contributed by atoms with Crippen LogP contribution >= 0.6 is 0 Å². The lowest BCUT2D eigenvalue weighted by atomic mass is 9.80. The lowest BCUT2D eigenvalue weighted by Crippen LogP contribution is -2.41. The Morgan fingerprint density at radius 1 is 0.850 bits per heavy atom. The highest BCUT2D eigenvalue weighted by Crippen LogP contribution is 2.41. The number of aliphatic hydroxyl groups is 1. The van der Waals surface area contributed by atoms with Crippen LogP contribution in [0.15, 0.2) is 101 Å². The van der Waals surface area contributed by atoms with Crippen LogP contribution in [0.5, 0.6) is 11.5 Å². The van der Waals surface area contributed by atoms with Crippen LogP contribution < -0.4 is 26.5 Å². The molecule has 0 saturated heterocycles. The molecule has 0 aliphatic heterocycles. The molecule has 40 heavy (non-hydrogen) atoms. The molecule has 2 atom stereocenters. The average Bonchev–Trinajstić information content (AvgIpc) is 3.00. The number of rotatable bonds is 13. The summed E-state index contributed by atoms with van der Waals surface area (Å²) in [5, 5.41) is 10.00. The highest BCUT2D eigenvalue weighted by atomic mass is 16.6. The van der Waals surface area contributed by atoms with Gasteiger partial charge in [0.15, 0.2) is 6.23 Å². The van der Waals surface area contributed by atoms with Gasteiger partial charge < -0.3 is 29.8 Å². The molecule has 1 heterocycles. The SMILES string of the molecule is COc1ccc(C(OC[C@H](CN)O[C@H](CO)n2ccc(=O)[nH]c2=O)(c2ccccc2)c2ccc(OC)cc2)cc1. The van der Waals surface area contributed by atoms with Crippen LogP contribution in [0.3, 0.4) is 0 Å². The fourth-order valence-corrected chi connectivity index (χ4v) is 4.53. The second kappa shape index (κ2) is 13.2. The first-order valence-corrected chi connectivity index (χ1v) is 12.7. The highest BCUT2D eigenvalue weighted by Gasteiger charge is 2.38. The molecule has 4 N–H and O–H groups in total. The first-order valence-electron chi connectivity index (χ1n) is 12.7. The van der Waals surface area contributed by atoms with E-state index in [0.29, 0.717) is 11.5 Å². The summed E-state index contributed by atoms with van der Waals surface area (Å²) in [5.74, 6) is 1.39. The van der Waals surface area contributed by atoms with Crippen LogP contribution in [0, 0.1) is 0 Å². The summed E-state index contributed by atoms with van der Waals surface area (Å²) in [6, 6.07) is 26.1. The maximum absolute atomic E-state index is 12.3. The van der Waals surface area contributed by atoms with Crippen molar-refractivity contribution in [2.75, 3.05) is 34.0 Å². The quantitative estimate of drug-likeness (QED) is 0.217. The van der Waals surface area contributed by atoms with E-state index in [2.05, 4.69) is 4.98 Å². The average molecular weight is 548 g/mol. The summed E-state index contributed by atoms with van der Waals surface area (Å²) in [6.45, 7) is -0.494. The minimum atomic E-state index is -1.10. The number of hydrogen-bond acceptors (Lipinski definition) is 8. The van der Waals surface area contributed by atoms with Crippen LogP contribution in [-0.2, 0) is 15.1 Å². The number of ether oxygens (including phenoxy) is 4. The van der Waals surface area contributed by atoms with E-state index in [9.17, 15) is 14.7 Å². The Balaban J connectivity index is 1.76. The van der Waals surface area contributed by atoms with Gasteiger partial charge >= 0.3 is 5.69 Å². The van der Waals surface area contributed by atoms with Gasteiger partial charge in [-0.15, -0.1) is 0 Å². The molecule has 3 aromatic carbocycles. The summed E-state index contributed by atoms with van der Waals surface area (Å²) in [4.78, 5) is 26.0. The summed E-state index contributed by atoms with van der Waals surface area (Å²) >= 11 is 0. The Morgan fingerprint density at radius 2 is 1.40 bits per heavy atom. The van der Waals surface area contributed by atoms with Crippen LogP contribution in [0.4, 0.5) is 0 Å². The third kappa shape index (κ3) is 6.16. The molecule has 0 fully saturated rings.